The molecule has 1 aliphatic rings. The van der Waals surface area contributed by atoms with Gasteiger partial charge in [0.05, 0.1) is 5.69 Å². The van der Waals surface area contributed by atoms with Crippen LogP contribution in [0.3, 0.4) is 0 Å². The van der Waals surface area contributed by atoms with E-state index in [-0.39, 0.29) is 0 Å². The Kier molecular flexibility index (Phi) is 4.69. The minimum atomic E-state index is 0.532. The average molecular weight is 248 g/mol. The zero-order valence-corrected chi connectivity index (χ0v) is 11.5. The monoisotopic (exact) mass is 248 g/mol. The van der Waals surface area contributed by atoms with Gasteiger partial charge in [0, 0.05) is 25.3 Å². The van der Waals surface area contributed by atoms with Crippen LogP contribution in [0.15, 0.2) is 18.3 Å². The predicted molar refractivity (Wildman–Crippen MR) is 74.1 cm³/mol. The van der Waals surface area contributed by atoms with E-state index < -0.39 is 0 Å². The molecule has 18 heavy (non-hydrogen) atoms. The van der Waals surface area contributed by atoms with Crippen molar-refractivity contribution in [3.63, 3.8) is 0 Å². The molecule has 0 amide bonds. The van der Waals surface area contributed by atoms with Gasteiger partial charge in [-0.3, -0.25) is 9.88 Å². The molecule has 1 aliphatic heterocycles. The van der Waals surface area contributed by atoms with Crippen molar-refractivity contribution in [2.24, 2.45) is 5.73 Å². The molecule has 100 valence electrons. The van der Waals surface area contributed by atoms with E-state index in [9.17, 15) is 0 Å². The van der Waals surface area contributed by atoms with Crippen LogP contribution in [0, 0.1) is 0 Å². The van der Waals surface area contributed by atoms with Crippen LogP contribution < -0.4 is 5.73 Å². The van der Waals surface area contributed by atoms with Crippen LogP contribution >= 0.6 is 0 Å². The van der Waals surface area contributed by atoms with Gasteiger partial charge in [-0.05, 0) is 51.7 Å². The zero-order valence-electron chi connectivity index (χ0n) is 11.5. The largest absolute Gasteiger partial charge is 0.325 e. The van der Waals surface area contributed by atoms with Crippen molar-refractivity contribution in [1.29, 1.82) is 0 Å². The Labute approximate surface area is 110 Å². The van der Waals surface area contributed by atoms with Gasteiger partial charge in [0.25, 0.3) is 0 Å². The normalized spacial score (nSPS) is 18.4. The van der Waals surface area contributed by atoms with Gasteiger partial charge in [-0.15, -0.1) is 0 Å². The topological polar surface area (TPSA) is 45.4 Å². The molecule has 0 radical (unpaired) electrons. The van der Waals surface area contributed by atoms with Crippen LogP contribution in [0.25, 0.3) is 0 Å². The molecular weight excluding hydrogens is 224 g/mol. The minimum absolute atomic E-state index is 0.532. The summed E-state index contributed by atoms with van der Waals surface area (Å²) in [5.74, 6) is 0. The summed E-state index contributed by atoms with van der Waals surface area (Å²) in [6.07, 6.45) is 4.33. The first-order chi connectivity index (χ1) is 8.70. The number of likely N-dealkylation sites (tertiary alicyclic amines) is 1. The highest BCUT2D eigenvalue weighted by atomic mass is 15.2. The lowest BCUT2D eigenvalue weighted by Crippen LogP contribution is -2.41. The first-order valence-electron chi connectivity index (χ1n) is 6.72. The third-order valence-corrected chi connectivity index (χ3v) is 3.86. The molecule has 2 N–H and O–H groups in total. The molecule has 1 aromatic rings. The summed E-state index contributed by atoms with van der Waals surface area (Å²) in [6.45, 7) is 3.86. The molecule has 1 aromatic heterocycles. The molecule has 1 saturated heterocycles. The van der Waals surface area contributed by atoms with Gasteiger partial charge in [-0.25, -0.2) is 0 Å². The molecule has 4 heteroatoms. The van der Waals surface area contributed by atoms with Crippen LogP contribution in [-0.2, 0) is 13.1 Å². The van der Waals surface area contributed by atoms with Crippen molar-refractivity contribution in [3.05, 3.63) is 29.6 Å². The molecule has 2 rings (SSSR count). The van der Waals surface area contributed by atoms with E-state index in [2.05, 4.69) is 34.9 Å². The Morgan fingerprint density at radius 1 is 1.39 bits per heavy atom. The molecule has 2 heterocycles. The summed E-state index contributed by atoms with van der Waals surface area (Å²) < 4.78 is 0. The minimum Gasteiger partial charge on any atom is -0.325 e. The molecule has 0 bridgehead atoms. The molecule has 4 nitrogen and oxygen atoms in total. The first kappa shape index (κ1) is 13.5. The van der Waals surface area contributed by atoms with Crippen LogP contribution in [0.1, 0.15) is 24.1 Å². The summed E-state index contributed by atoms with van der Waals surface area (Å²) >= 11 is 0. The van der Waals surface area contributed by atoms with E-state index in [1.807, 2.05) is 12.3 Å². The molecule has 0 spiro atoms. The lowest BCUT2D eigenvalue weighted by molar-refractivity contribution is 0.139. The van der Waals surface area contributed by atoms with Crippen molar-refractivity contribution < 1.29 is 0 Å². The molecular formula is C14H24N4. The molecule has 0 saturated carbocycles. The van der Waals surface area contributed by atoms with Crippen LogP contribution in [0.5, 0.6) is 0 Å². The second-order valence-corrected chi connectivity index (χ2v) is 5.28. The van der Waals surface area contributed by atoms with Gasteiger partial charge in [-0.1, -0.05) is 6.07 Å². The third-order valence-electron chi connectivity index (χ3n) is 3.86. The Morgan fingerprint density at radius 3 is 2.72 bits per heavy atom. The molecule has 1 fully saturated rings. The second-order valence-electron chi connectivity index (χ2n) is 5.28. The molecule has 0 aliphatic carbocycles. The van der Waals surface area contributed by atoms with Gasteiger partial charge in [-0.2, -0.15) is 0 Å². The number of hydrogen-bond donors (Lipinski definition) is 1. The van der Waals surface area contributed by atoms with E-state index >= 15 is 0 Å². The highest BCUT2D eigenvalue weighted by molar-refractivity contribution is 5.19. The van der Waals surface area contributed by atoms with Gasteiger partial charge in [0.1, 0.15) is 0 Å². The lowest BCUT2D eigenvalue weighted by Gasteiger charge is -2.35. The number of nitrogens with zero attached hydrogens (tertiary/aromatic N) is 3. The fourth-order valence-electron chi connectivity index (χ4n) is 2.63. The Hall–Kier alpha value is -0.970. The van der Waals surface area contributed by atoms with E-state index in [4.69, 9.17) is 5.73 Å². The van der Waals surface area contributed by atoms with Crippen molar-refractivity contribution in [1.82, 2.24) is 14.8 Å². The summed E-state index contributed by atoms with van der Waals surface area (Å²) in [4.78, 5) is 9.20. The lowest BCUT2D eigenvalue weighted by atomic mass is 10.0. The Morgan fingerprint density at radius 2 is 2.11 bits per heavy atom. The van der Waals surface area contributed by atoms with Crippen molar-refractivity contribution in [2.45, 2.75) is 32.0 Å². The predicted octanol–water partition coefficient (Wildman–Crippen LogP) is 1.07. The quantitative estimate of drug-likeness (QED) is 0.865. The number of pyridine rings is 1. The van der Waals surface area contributed by atoms with Gasteiger partial charge >= 0.3 is 0 Å². The fourth-order valence-corrected chi connectivity index (χ4v) is 2.63. The van der Waals surface area contributed by atoms with E-state index in [0.29, 0.717) is 6.54 Å². The third kappa shape index (κ3) is 3.28. The van der Waals surface area contributed by atoms with Crippen molar-refractivity contribution in [3.8, 4) is 0 Å². The van der Waals surface area contributed by atoms with Crippen molar-refractivity contribution in [2.75, 3.05) is 27.2 Å². The highest BCUT2D eigenvalue weighted by Gasteiger charge is 2.20. The first-order valence-corrected chi connectivity index (χ1v) is 6.72. The maximum atomic E-state index is 5.73. The Bertz CT molecular complexity index is 370. The maximum absolute atomic E-state index is 5.73. The van der Waals surface area contributed by atoms with Gasteiger partial charge < -0.3 is 10.6 Å². The van der Waals surface area contributed by atoms with Crippen LogP contribution in [-0.4, -0.2) is 48.0 Å². The molecule has 0 aromatic carbocycles. The number of nitrogens with two attached hydrogens (primary N) is 1. The zero-order chi connectivity index (χ0) is 13.0. The van der Waals surface area contributed by atoms with E-state index in [1.165, 1.54) is 31.5 Å². The van der Waals surface area contributed by atoms with E-state index in [1.54, 1.807) is 0 Å². The number of aromatic nitrogens is 1. The second kappa shape index (κ2) is 6.27. The molecule has 0 unspecified atom stereocenters. The summed E-state index contributed by atoms with van der Waals surface area (Å²) in [5, 5.41) is 0. The summed E-state index contributed by atoms with van der Waals surface area (Å²) in [5.41, 5.74) is 8.05. The fraction of sp³-hybridized carbons (Fsp3) is 0.643. The highest BCUT2D eigenvalue weighted by Crippen LogP contribution is 2.17. The number of rotatable bonds is 4. The number of hydrogen-bond acceptors (Lipinski definition) is 4. The standard InChI is InChI=1S/C14H24N4/c1-17(2)13-5-8-18(9-6-13)11-12-4-3-7-16-14(12)10-15/h3-4,7,13H,5-6,8-11,15H2,1-2H3. The molecule has 0 atom stereocenters. The summed E-state index contributed by atoms with van der Waals surface area (Å²) in [7, 11) is 4.35. The number of piperidine rings is 1. The average Bonchev–Trinajstić information content (AvgIpc) is 2.40. The summed E-state index contributed by atoms with van der Waals surface area (Å²) in [6, 6.07) is 4.89. The van der Waals surface area contributed by atoms with Gasteiger partial charge in [0.2, 0.25) is 0 Å². The maximum Gasteiger partial charge on any atom is 0.0584 e. The van der Waals surface area contributed by atoms with Gasteiger partial charge in [0.15, 0.2) is 0 Å². The van der Waals surface area contributed by atoms with Crippen LogP contribution in [0.4, 0.5) is 0 Å². The SMILES string of the molecule is CN(C)C1CCN(Cc2cccnc2CN)CC1. The van der Waals surface area contributed by atoms with Crippen LogP contribution in [0.2, 0.25) is 0 Å². The smallest absolute Gasteiger partial charge is 0.0584 e. The van der Waals surface area contributed by atoms with E-state index in [0.717, 1.165) is 18.3 Å². The Balaban J connectivity index is 1.91. The van der Waals surface area contributed by atoms with Crippen molar-refractivity contribution >= 4 is 0 Å².